The maximum absolute atomic E-state index is 2.51. The summed E-state index contributed by atoms with van der Waals surface area (Å²) < 4.78 is 0. The maximum Gasteiger partial charge on any atom is 0.103 e. The van der Waals surface area contributed by atoms with Crippen LogP contribution in [0, 0.1) is 0 Å². The molecule has 4 aromatic carbocycles. The summed E-state index contributed by atoms with van der Waals surface area (Å²) in [7, 11) is 7.13. The summed E-state index contributed by atoms with van der Waals surface area (Å²) in [4.78, 5) is 4.86. The van der Waals surface area contributed by atoms with Crippen LogP contribution < -0.4 is 14.7 Å². The Labute approximate surface area is 274 Å². The first-order chi connectivity index (χ1) is 22.0. The van der Waals surface area contributed by atoms with Gasteiger partial charge in [0.1, 0.15) is 19.6 Å². The van der Waals surface area contributed by atoms with Gasteiger partial charge in [0.2, 0.25) is 0 Å². The first kappa shape index (κ1) is 34.6. The summed E-state index contributed by atoms with van der Waals surface area (Å²) in [5.74, 6) is 0. The summed E-state index contributed by atoms with van der Waals surface area (Å²) in [6.07, 6.45) is 11.2. The Balaban J connectivity index is 1.28. The van der Waals surface area contributed by atoms with Crippen LogP contribution in [-0.2, 0) is 38.9 Å². The SMILES string of the molecule is C[NH+](CCCCc1ccccc1)Cc1cc(C[NH+](C)CCCCc2ccccc2)cc(C[NH+](C)CCCCc2ccccc2)c1. The van der Waals surface area contributed by atoms with Gasteiger partial charge in [0, 0.05) is 16.7 Å². The van der Waals surface area contributed by atoms with E-state index in [2.05, 4.69) is 130 Å². The lowest BCUT2D eigenvalue weighted by Crippen LogP contribution is -3.08. The van der Waals surface area contributed by atoms with Gasteiger partial charge in [0.15, 0.2) is 0 Å². The van der Waals surface area contributed by atoms with Crippen molar-refractivity contribution in [2.24, 2.45) is 0 Å². The molecule has 0 fully saturated rings. The molecule has 0 aromatic heterocycles. The summed E-state index contributed by atoms with van der Waals surface area (Å²) in [6, 6.07) is 40.4. The Morgan fingerprint density at radius 1 is 0.333 bits per heavy atom. The van der Waals surface area contributed by atoms with E-state index in [-0.39, 0.29) is 0 Å². The van der Waals surface area contributed by atoms with Crippen LogP contribution in [0.5, 0.6) is 0 Å². The third-order valence-electron chi connectivity index (χ3n) is 9.12. The van der Waals surface area contributed by atoms with Crippen LogP contribution in [0.2, 0.25) is 0 Å². The van der Waals surface area contributed by atoms with Crippen LogP contribution >= 0.6 is 0 Å². The van der Waals surface area contributed by atoms with Crippen molar-refractivity contribution in [2.75, 3.05) is 40.8 Å². The molecule has 0 aliphatic carbocycles. The lowest BCUT2D eigenvalue weighted by Gasteiger charge is -2.19. The monoisotopic (exact) mass is 606 g/mol. The highest BCUT2D eigenvalue weighted by atomic mass is 15.1. The van der Waals surface area contributed by atoms with E-state index >= 15 is 0 Å². The van der Waals surface area contributed by atoms with Crippen LogP contribution in [-0.4, -0.2) is 40.8 Å². The number of rotatable bonds is 21. The van der Waals surface area contributed by atoms with Crippen LogP contribution in [0.1, 0.15) is 71.9 Å². The highest BCUT2D eigenvalue weighted by molar-refractivity contribution is 5.29. The van der Waals surface area contributed by atoms with E-state index in [1.54, 1.807) is 14.7 Å². The first-order valence-electron chi connectivity index (χ1n) is 17.7. The van der Waals surface area contributed by atoms with Gasteiger partial charge in [-0.05, 0) is 92.7 Å². The lowest BCUT2D eigenvalue weighted by atomic mass is 10.0. The fourth-order valence-electron chi connectivity index (χ4n) is 6.66. The summed E-state index contributed by atoms with van der Waals surface area (Å²) in [6.45, 7) is 7.01. The summed E-state index contributed by atoms with van der Waals surface area (Å²) in [5.41, 5.74) is 8.92. The van der Waals surface area contributed by atoms with Crippen molar-refractivity contribution >= 4 is 0 Å². The minimum absolute atomic E-state index is 1.11. The minimum atomic E-state index is 1.11. The predicted octanol–water partition coefficient (Wildman–Crippen LogP) is 4.80. The Morgan fingerprint density at radius 2 is 0.600 bits per heavy atom. The van der Waals surface area contributed by atoms with Crippen molar-refractivity contribution in [3.8, 4) is 0 Å². The molecule has 45 heavy (non-hydrogen) atoms. The number of hydrogen-bond acceptors (Lipinski definition) is 0. The molecule has 0 saturated carbocycles. The second-order valence-electron chi connectivity index (χ2n) is 13.6. The number of hydrogen-bond donors (Lipinski definition) is 3. The fourth-order valence-corrected chi connectivity index (χ4v) is 6.66. The van der Waals surface area contributed by atoms with Crippen LogP contribution in [0.15, 0.2) is 109 Å². The summed E-state index contributed by atoms with van der Waals surface area (Å²) in [5, 5.41) is 0. The highest BCUT2D eigenvalue weighted by Crippen LogP contribution is 2.10. The largest absolute Gasteiger partial charge is 0.334 e. The maximum atomic E-state index is 2.51. The molecular weight excluding hydrogens is 546 g/mol. The molecule has 3 atom stereocenters. The van der Waals surface area contributed by atoms with Gasteiger partial charge in [-0.25, -0.2) is 0 Å². The third-order valence-corrected chi connectivity index (χ3v) is 9.12. The molecule has 0 bridgehead atoms. The van der Waals surface area contributed by atoms with Crippen LogP contribution in [0.3, 0.4) is 0 Å². The number of aryl methyl sites for hydroxylation is 3. The lowest BCUT2D eigenvalue weighted by molar-refractivity contribution is -0.895. The van der Waals surface area contributed by atoms with E-state index in [0.29, 0.717) is 0 Å². The third kappa shape index (κ3) is 14.2. The van der Waals surface area contributed by atoms with Gasteiger partial charge in [-0.2, -0.15) is 0 Å². The van der Waals surface area contributed by atoms with Gasteiger partial charge in [0.05, 0.1) is 40.8 Å². The van der Waals surface area contributed by atoms with E-state index in [1.165, 1.54) is 111 Å². The van der Waals surface area contributed by atoms with Crippen LogP contribution in [0.25, 0.3) is 0 Å². The molecule has 4 aromatic rings. The quantitative estimate of drug-likeness (QED) is 0.113. The molecule has 3 N–H and O–H groups in total. The highest BCUT2D eigenvalue weighted by Gasteiger charge is 2.13. The van der Waals surface area contributed by atoms with Crippen molar-refractivity contribution < 1.29 is 14.7 Å². The topological polar surface area (TPSA) is 13.3 Å². The summed E-state index contributed by atoms with van der Waals surface area (Å²) >= 11 is 0. The van der Waals surface area contributed by atoms with E-state index in [9.17, 15) is 0 Å². The van der Waals surface area contributed by atoms with Gasteiger partial charge < -0.3 is 14.7 Å². The second kappa shape index (κ2) is 20.0. The first-order valence-corrected chi connectivity index (χ1v) is 17.7. The molecular formula is C42H60N3+3. The molecule has 3 nitrogen and oxygen atoms in total. The number of benzene rings is 4. The van der Waals surface area contributed by atoms with Crippen LogP contribution in [0.4, 0.5) is 0 Å². The van der Waals surface area contributed by atoms with Gasteiger partial charge in [-0.1, -0.05) is 91.0 Å². The normalized spacial score (nSPS) is 13.4. The molecule has 0 saturated heterocycles. The van der Waals surface area contributed by atoms with Gasteiger partial charge in [-0.15, -0.1) is 0 Å². The molecule has 240 valence electrons. The minimum Gasteiger partial charge on any atom is -0.334 e. The zero-order valence-electron chi connectivity index (χ0n) is 28.5. The van der Waals surface area contributed by atoms with E-state index in [1.807, 2.05) is 0 Å². The number of unbranched alkanes of at least 4 members (excludes halogenated alkanes) is 3. The zero-order chi connectivity index (χ0) is 31.5. The second-order valence-corrected chi connectivity index (χ2v) is 13.6. The van der Waals surface area contributed by atoms with Gasteiger partial charge in [-0.3, -0.25) is 0 Å². The zero-order valence-corrected chi connectivity index (χ0v) is 28.5. The Kier molecular flexibility index (Phi) is 15.4. The standard InChI is InChI=1S/C42H57N3/c1-43(28-16-13-25-37-19-7-4-8-20-37)34-40-31-41(35-44(2)29-17-14-26-38-21-9-5-10-22-38)33-42(32-40)36-45(3)30-18-15-27-39-23-11-6-12-24-39/h4-12,19-24,31-33H,13-18,25-30,34-36H2,1-3H3/p+3. The van der Waals surface area contributed by atoms with Crippen molar-refractivity contribution in [3.63, 3.8) is 0 Å². The molecule has 4 rings (SSSR count). The Bertz CT molecular complexity index is 1140. The van der Waals surface area contributed by atoms with Crippen molar-refractivity contribution in [3.05, 3.63) is 143 Å². The molecule has 3 unspecified atom stereocenters. The van der Waals surface area contributed by atoms with Crippen molar-refractivity contribution in [1.29, 1.82) is 0 Å². The van der Waals surface area contributed by atoms with E-state index < -0.39 is 0 Å². The van der Waals surface area contributed by atoms with E-state index in [4.69, 9.17) is 0 Å². The smallest absolute Gasteiger partial charge is 0.103 e. The average Bonchev–Trinajstić information content (AvgIpc) is 3.05. The predicted molar refractivity (Wildman–Crippen MR) is 191 cm³/mol. The van der Waals surface area contributed by atoms with Crippen molar-refractivity contribution in [1.82, 2.24) is 0 Å². The molecule has 0 spiro atoms. The number of nitrogens with one attached hydrogen (secondary N) is 3. The van der Waals surface area contributed by atoms with E-state index in [0.717, 1.165) is 19.6 Å². The molecule has 0 amide bonds. The average molecular weight is 607 g/mol. The Morgan fingerprint density at radius 3 is 0.867 bits per heavy atom. The Hall–Kier alpha value is -3.24. The fraction of sp³-hybridized carbons (Fsp3) is 0.429. The molecule has 0 heterocycles. The van der Waals surface area contributed by atoms with Gasteiger partial charge >= 0.3 is 0 Å². The molecule has 0 radical (unpaired) electrons. The molecule has 3 heteroatoms. The molecule has 0 aliphatic heterocycles. The molecule has 0 aliphatic rings. The number of quaternary nitrogens is 3. The van der Waals surface area contributed by atoms with Crippen molar-refractivity contribution in [2.45, 2.75) is 77.4 Å². The van der Waals surface area contributed by atoms with Gasteiger partial charge in [0.25, 0.3) is 0 Å².